The van der Waals surface area contributed by atoms with Crippen LogP contribution in [0.1, 0.15) is 112 Å². The Bertz CT molecular complexity index is 1810. The number of halogens is 3. The fraction of sp³-hybridized carbons (Fsp3) is 0.561. The lowest BCUT2D eigenvalue weighted by molar-refractivity contribution is -0.180. The number of esters is 1. The highest BCUT2D eigenvalue weighted by Gasteiger charge is 2.63. The Balaban J connectivity index is 1.11. The molecule has 1 amide bonds. The quantitative estimate of drug-likeness (QED) is 0.233. The van der Waals surface area contributed by atoms with Crippen molar-refractivity contribution in [2.24, 2.45) is 29.6 Å². The van der Waals surface area contributed by atoms with Gasteiger partial charge in [-0.2, -0.15) is 13.2 Å². The molecule has 1 N–H and O–H groups in total. The molecule has 9 rings (SSSR count). The van der Waals surface area contributed by atoms with Gasteiger partial charge in [0, 0.05) is 24.3 Å². The highest BCUT2D eigenvalue weighted by molar-refractivity contribution is 5.99. The molecule has 0 radical (unpaired) electrons. The van der Waals surface area contributed by atoms with Crippen molar-refractivity contribution in [1.82, 2.24) is 15.3 Å². The summed E-state index contributed by atoms with van der Waals surface area (Å²) >= 11 is 0. The molecule has 6 aliphatic rings. The van der Waals surface area contributed by atoms with Gasteiger partial charge in [-0.05, 0) is 125 Å². The number of alkyl halides is 3. The van der Waals surface area contributed by atoms with Gasteiger partial charge in [0.2, 0.25) is 5.95 Å². The SMILES string of the molecule is CC(C)(C)OC(=O)C1(NC(=O)c2cnc(N3CC(C4CCCC4)c4cc(OCc5ccccc5)ccc43)nc2C(F)(F)F)C2CC3CC(C2)CC1C3. The third-order valence-electron chi connectivity index (χ3n) is 12.3. The van der Waals surface area contributed by atoms with Crippen LogP contribution in [0.3, 0.4) is 0 Å². The van der Waals surface area contributed by atoms with E-state index >= 15 is 0 Å². The second-order valence-electron chi connectivity index (χ2n) is 16.8. The Morgan fingerprint density at radius 3 is 2.25 bits per heavy atom. The number of hydrogen-bond donors (Lipinski definition) is 1. The van der Waals surface area contributed by atoms with E-state index < -0.39 is 40.5 Å². The average Bonchev–Trinajstić information content (AvgIpc) is 3.76. The molecule has 276 valence electrons. The van der Waals surface area contributed by atoms with Crippen molar-refractivity contribution in [1.29, 1.82) is 0 Å². The van der Waals surface area contributed by atoms with Crippen LogP contribution in [0, 0.1) is 29.6 Å². The normalized spacial score (nSPS) is 28.2. The maximum Gasteiger partial charge on any atom is 0.434 e. The van der Waals surface area contributed by atoms with Crippen LogP contribution in [0.25, 0.3) is 0 Å². The number of nitrogens with one attached hydrogen (secondary N) is 1. The van der Waals surface area contributed by atoms with Crippen LogP contribution in [0.4, 0.5) is 24.8 Å². The molecule has 1 atom stereocenters. The molecule has 2 aromatic carbocycles. The van der Waals surface area contributed by atoms with Gasteiger partial charge in [-0.1, -0.05) is 43.2 Å². The van der Waals surface area contributed by atoms with E-state index in [-0.39, 0.29) is 23.7 Å². The van der Waals surface area contributed by atoms with Crippen molar-refractivity contribution >= 4 is 23.5 Å². The second-order valence-corrected chi connectivity index (χ2v) is 16.8. The van der Waals surface area contributed by atoms with Gasteiger partial charge in [0.25, 0.3) is 5.91 Å². The molecule has 1 aliphatic heterocycles. The molecular formula is C41H47F3N4O4. The molecule has 1 unspecified atom stereocenters. The lowest BCUT2D eigenvalue weighted by Gasteiger charge is -2.59. The number of benzene rings is 2. The molecule has 5 aliphatic carbocycles. The minimum Gasteiger partial charge on any atom is -0.489 e. The molecule has 5 fully saturated rings. The minimum absolute atomic E-state index is 0.0734. The lowest BCUT2D eigenvalue weighted by Crippen LogP contribution is -2.71. The summed E-state index contributed by atoms with van der Waals surface area (Å²) < 4.78 is 56.8. The van der Waals surface area contributed by atoms with Crippen LogP contribution in [-0.4, -0.2) is 39.5 Å². The molecule has 8 nitrogen and oxygen atoms in total. The average molecular weight is 717 g/mol. The van der Waals surface area contributed by atoms with Gasteiger partial charge in [0.15, 0.2) is 5.69 Å². The number of fused-ring (bicyclic) bond motifs is 1. The van der Waals surface area contributed by atoms with Crippen LogP contribution in [-0.2, 0) is 22.3 Å². The van der Waals surface area contributed by atoms with E-state index in [0.29, 0.717) is 36.7 Å². The zero-order valence-corrected chi connectivity index (χ0v) is 30.0. The number of ether oxygens (including phenoxy) is 2. The number of anilines is 2. The highest BCUT2D eigenvalue weighted by atomic mass is 19.4. The van der Waals surface area contributed by atoms with E-state index in [1.54, 1.807) is 25.7 Å². The molecule has 3 aromatic rings. The van der Waals surface area contributed by atoms with Gasteiger partial charge < -0.3 is 19.7 Å². The summed E-state index contributed by atoms with van der Waals surface area (Å²) in [5, 5.41) is 2.88. The maximum atomic E-state index is 14.9. The molecular weight excluding hydrogens is 669 g/mol. The molecule has 0 saturated heterocycles. The summed E-state index contributed by atoms with van der Waals surface area (Å²) in [7, 11) is 0. The summed E-state index contributed by atoms with van der Waals surface area (Å²) in [4.78, 5) is 38.4. The Morgan fingerprint density at radius 2 is 1.62 bits per heavy atom. The maximum absolute atomic E-state index is 14.9. The summed E-state index contributed by atoms with van der Waals surface area (Å²) in [6, 6.07) is 15.6. The standard InChI is InChI=1S/C41H47F3N4O4/c1-39(2,3)52-37(50)40(28-16-25-15-26(18-28)19-29(40)17-25)47-36(49)32-21-45-38(46-35(32)41(42,43)44)48-22-33(27-11-7-8-12-27)31-20-30(13-14-34(31)48)51-23-24-9-5-4-6-10-24/h4-6,9-10,13-14,20-21,25-29,33H,7-8,11-12,15-19,22-23H2,1-3H3,(H,47,49). The van der Waals surface area contributed by atoms with Gasteiger partial charge in [-0.3, -0.25) is 4.79 Å². The van der Waals surface area contributed by atoms with E-state index in [0.717, 1.165) is 80.8 Å². The first kappa shape index (κ1) is 34.9. The third kappa shape index (κ3) is 6.42. The number of rotatable bonds is 8. The van der Waals surface area contributed by atoms with E-state index in [1.165, 1.54) is 0 Å². The summed E-state index contributed by atoms with van der Waals surface area (Å²) in [6.07, 6.45) is 4.42. The van der Waals surface area contributed by atoms with E-state index in [9.17, 15) is 22.8 Å². The lowest BCUT2D eigenvalue weighted by atomic mass is 9.48. The van der Waals surface area contributed by atoms with Crippen molar-refractivity contribution in [3.63, 3.8) is 0 Å². The third-order valence-corrected chi connectivity index (χ3v) is 12.3. The Hall–Kier alpha value is -4.15. The Morgan fingerprint density at radius 1 is 0.942 bits per heavy atom. The summed E-state index contributed by atoms with van der Waals surface area (Å²) in [5.74, 6) is -0.0262. The second kappa shape index (κ2) is 13.1. The molecule has 4 bridgehead atoms. The van der Waals surface area contributed by atoms with Crippen molar-refractivity contribution in [2.75, 3.05) is 11.4 Å². The van der Waals surface area contributed by atoms with Crippen LogP contribution >= 0.6 is 0 Å². The summed E-state index contributed by atoms with van der Waals surface area (Å²) in [5.41, 5.74) is -1.44. The van der Waals surface area contributed by atoms with Crippen LogP contribution in [0.2, 0.25) is 0 Å². The molecule has 1 aromatic heterocycles. The minimum atomic E-state index is -4.95. The van der Waals surface area contributed by atoms with E-state index in [2.05, 4.69) is 15.3 Å². The number of amides is 1. The highest BCUT2D eigenvalue weighted by Crippen LogP contribution is 2.59. The topological polar surface area (TPSA) is 93.6 Å². The zero-order valence-electron chi connectivity index (χ0n) is 30.0. The Kier molecular flexibility index (Phi) is 8.77. The smallest absolute Gasteiger partial charge is 0.434 e. The number of aromatic nitrogens is 2. The predicted octanol–water partition coefficient (Wildman–Crippen LogP) is 8.77. The van der Waals surface area contributed by atoms with Crippen LogP contribution in [0.15, 0.2) is 54.7 Å². The fourth-order valence-corrected chi connectivity index (χ4v) is 10.3. The molecule has 5 saturated carbocycles. The first-order chi connectivity index (χ1) is 24.8. The first-order valence-electron chi connectivity index (χ1n) is 18.9. The van der Waals surface area contributed by atoms with Crippen molar-refractivity contribution in [3.8, 4) is 5.75 Å². The number of carbonyl (C=O) groups excluding carboxylic acids is 2. The van der Waals surface area contributed by atoms with Crippen LogP contribution in [0.5, 0.6) is 5.75 Å². The summed E-state index contributed by atoms with van der Waals surface area (Å²) in [6.45, 7) is 6.11. The molecule has 11 heteroatoms. The first-order valence-corrected chi connectivity index (χ1v) is 18.9. The Labute approximate surface area is 302 Å². The van der Waals surface area contributed by atoms with Crippen LogP contribution < -0.4 is 15.0 Å². The van der Waals surface area contributed by atoms with Gasteiger partial charge >= 0.3 is 12.1 Å². The molecule has 0 spiro atoms. The van der Waals surface area contributed by atoms with E-state index in [1.807, 2.05) is 48.5 Å². The van der Waals surface area contributed by atoms with E-state index in [4.69, 9.17) is 9.47 Å². The molecule has 2 heterocycles. The monoisotopic (exact) mass is 716 g/mol. The number of hydrogen-bond acceptors (Lipinski definition) is 7. The van der Waals surface area contributed by atoms with Crippen molar-refractivity contribution < 1.29 is 32.2 Å². The fourth-order valence-electron chi connectivity index (χ4n) is 10.3. The van der Waals surface area contributed by atoms with Crippen molar-refractivity contribution in [2.45, 2.75) is 108 Å². The van der Waals surface area contributed by atoms with Gasteiger partial charge in [0.05, 0.1) is 5.56 Å². The molecule has 52 heavy (non-hydrogen) atoms. The van der Waals surface area contributed by atoms with Gasteiger partial charge in [-0.15, -0.1) is 0 Å². The largest absolute Gasteiger partial charge is 0.489 e. The predicted molar refractivity (Wildman–Crippen MR) is 189 cm³/mol. The van der Waals surface area contributed by atoms with Gasteiger partial charge in [0.1, 0.15) is 23.5 Å². The zero-order chi connectivity index (χ0) is 36.4. The number of nitrogens with zero attached hydrogens (tertiary/aromatic N) is 3. The van der Waals surface area contributed by atoms with Crippen molar-refractivity contribution in [3.05, 3.63) is 77.1 Å². The number of carbonyl (C=O) groups is 2. The van der Waals surface area contributed by atoms with Gasteiger partial charge in [-0.25, -0.2) is 14.8 Å².